The van der Waals surface area contributed by atoms with E-state index in [0.29, 0.717) is 24.6 Å². The molecule has 0 spiro atoms. The molecule has 0 saturated heterocycles. The van der Waals surface area contributed by atoms with Crippen molar-refractivity contribution in [2.24, 2.45) is 0 Å². The van der Waals surface area contributed by atoms with Gasteiger partial charge in [0, 0.05) is 10.9 Å². The van der Waals surface area contributed by atoms with Crippen LogP contribution in [0.4, 0.5) is 0 Å². The topological polar surface area (TPSA) is 59.2 Å². The van der Waals surface area contributed by atoms with Gasteiger partial charge in [-0.05, 0) is 24.3 Å². The van der Waals surface area contributed by atoms with Gasteiger partial charge in [0.2, 0.25) is 11.7 Å². The van der Waals surface area contributed by atoms with Crippen LogP contribution in [-0.2, 0) is 6.42 Å². The second kappa shape index (κ2) is 4.76. The van der Waals surface area contributed by atoms with Gasteiger partial charge in [-0.2, -0.15) is 16.3 Å². The lowest BCUT2D eigenvalue weighted by Crippen LogP contribution is -2.08. The summed E-state index contributed by atoms with van der Waals surface area (Å²) in [5, 5.41) is 17.4. The van der Waals surface area contributed by atoms with Crippen molar-refractivity contribution in [2.45, 2.75) is 32.8 Å². The van der Waals surface area contributed by atoms with E-state index < -0.39 is 6.10 Å². The second-order valence-electron chi connectivity index (χ2n) is 3.75. The molecule has 0 radical (unpaired) electrons. The minimum Gasteiger partial charge on any atom is -0.393 e. The molecule has 86 valence electrons. The summed E-state index contributed by atoms with van der Waals surface area (Å²) in [6.45, 7) is 3.94. The molecule has 0 aliphatic heterocycles. The Kier molecular flexibility index (Phi) is 3.36. The molecule has 2 aromatic heterocycles. The summed E-state index contributed by atoms with van der Waals surface area (Å²) in [4.78, 5) is 4.27. The lowest BCUT2D eigenvalue weighted by atomic mass is 10.2. The molecule has 16 heavy (non-hydrogen) atoms. The first-order valence-electron chi connectivity index (χ1n) is 5.24. The van der Waals surface area contributed by atoms with Crippen molar-refractivity contribution in [2.75, 3.05) is 0 Å². The van der Waals surface area contributed by atoms with Gasteiger partial charge in [0.05, 0.1) is 12.5 Å². The Morgan fingerprint density at radius 3 is 2.94 bits per heavy atom. The highest BCUT2D eigenvalue weighted by Gasteiger charge is 2.13. The van der Waals surface area contributed by atoms with Crippen molar-refractivity contribution in [1.29, 1.82) is 0 Å². The van der Waals surface area contributed by atoms with Crippen molar-refractivity contribution >= 4 is 11.3 Å². The molecular formula is C11H14N2O2S. The Morgan fingerprint density at radius 1 is 1.50 bits per heavy atom. The van der Waals surface area contributed by atoms with Crippen molar-refractivity contribution < 1.29 is 9.63 Å². The molecule has 0 aromatic carbocycles. The number of aromatic nitrogens is 2. The molecule has 2 aromatic rings. The van der Waals surface area contributed by atoms with E-state index in [-0.39, 0.29) is 0 Å². The third-order valence-corrected chi connectivity index (χ3v) is 3.31. The number of hydrogen-bond acceptors (Lipinski definition) is 5. The van der Waals surface area contributed by atoms with Crippen molar-refractivity contribution in [3.8, 4) is 11.4 Å². The summed E-state index contributed by atoms with van der Waals surface area (Å²) in [6, 6.07) is 0. The summed E-state index contributed by atoms with van der Waals surface area (Å²) >= 11 is 1.62. The minimum absolute atomic E-state index is 0.406. The largest absolute Gasteiger partial charge is 0.393 e. The van der Waals surface area contributed by atoms with E-state index in [9.17, 15) is 5.11 Å². The second-order valence-corrected chi connectivity index (χ2v) is 4.49. The van der Waals surface area contributed by atoms with E-state index >= 15 is 0 Å². The van der Waals surface area contributed by atoms with Crippen LogP contribution in [0.5, 0.6) is 0 Å². The Balaban J connectivity index is 2.17. The first-order chi connectivity index (χ1) is 7.70. The number of aliphatic hydroxyl groups excluding tert-OH is 1. The molecule has 5 heteroatoms. The highest BCUT2D eigenvalue weighted by molar-refractivity contribution is 7.08. The zero-order valence-corrected chi connectivity index (χ0v) is 10.1. The van der Waals surface area contributed by atoms with E-state index in [1.165, 1.54) is 0 Å². The third kappa shape index (κ3) is 2.31. The number of nitrogens with zero attached hydrogens (tertiary/aromatic N) is 2. The van der Waals surface area contributed by atoms with Gasteiger partial charge < -0.3 is 9.63 Å². The van der Waals surface area contributed by atoms with E-state index in [2.05, 4.69) is 10.1 Å². The van der Waals surface area contributed by atoms with Crippen molar-refractivity contribution in [3.63, 3.8) is 0 Å². The molecule has 4 nitrogen and oxygen atoms in total. The normalized spacial score (nSPS) is 12.9. The maximum atomic E-state index is 9.48. The van der Waals surface area contributed by atoms with Gasteiger partial charge >= 0.3 is 0 Å². The zero-order valence-electron chi connectivity index (χ0n) is 9.30. The molecule has 0 aliphatic carbocycles. The highest BCUT2D eigenvalue weighted by atomic mass is 32.1. The number of hydrogen-bond donors (Lipinski definition) is 1. The lowest BCUT2D eigenvalue weighted by molar-refractivity contribution is 0.158. The van der Waals surface area contributed by atoms with Crippen molar-refractivity contribution in [1.82, 2.24) is 10.1 Å². The fourth-order valence-electron chi connectivity index (χ4n) is 1.38. The SMILES string of the molecule is CCC(O)Cc1nc(-c2cscc2C)no1. The molecule has 0 saturated carbocycles. The van der Waals surface area contributed by atoms with Crippen LogP contribution in [0.2, 0.25) is 0 Å². The van der Waals surface area contributed by atoms with Gasteiger partial charge in [-0.1, -0.05) is 12.1 Å². The molecular weight excluding hydrogens is 224 g/mol. The average molecular weight is 238 g/mol. The van der Waals surface area contributed by atoms with Gasteiger partial charge in [-0.25, -0.2) is 0 Å². The summed E-state index contributed by atoms with van der Waals surface area (Å²) < 4.78 is 5.10. The molecule has 2 rings (SSSR count). The minimum atomic E-state index is -0.406. The fraction of sp³-hybridized carbons (Fsp3) is 0.455. The maximum absolute atomic E-state index is 9.48. The first kappa shape index (κ1) is 11.3. The van der Waals surface area contributed by atoms with E-state index in [1.54, 1.807) is 11.3 Å². The fourth-order valence-corrected chi connectivity index (χ4v) is 2.21. The number of thiophene rings is 1. The Labute approximate surface area is 97.9 Å². The highest BCUT2D eigenvalue weighted by Crippen LogP contribution is 2.24. The predicted octanol–water partition coefficient (Wildman–Crippen LogP) is 2.42. The predicted molar refractivity (Wildman–Crippen MR) is 62.3 cm³/mol. The molecule has 2 heterocycles. The Morgan fingerprint density at radius 2 is 2.31 bits per heavy atom. The van der Waals surface area contributed by atoms with Crippen LogP contribution in [0.3, 0.4) is 0 Å². The van der Waals surface area contributed by atoms with Crippen LogP contribution in [0.1, 0.15) is 24.8 Å². The molecule has 1 N–H and O–H groups in total. The van der Waals surface area contributed by atoms with Crippen LogP contribution < -0.4 is 0 Å². The van der Waals surface area contributed by atoms with Crippen LogP contribution in [0.25, 0.3) is 11.4 Å². The van der Waals surface area contributed by atoms with Gasteiger partial charge in [-0.15, -0.1) is 0 Å². The molecule has 1 unspecified atom stereocenters. The molecule has 1 atom stereocenters. The molecule has 0 amide bonds. The van der Waals surface area contributed by atoms with E-state index in [4.69, 9.17) is 4.52 Å². The average Bonchev–Trinajstić information content (AvgIpc) is 2.86. The number of aliphatic hydroxyl groups is 1. The third-order valence-electron chi connectivity index (χ3n) is 2.45. The monoisotopic (exact) mass is 238 g/mol. The van der Waals surface area contributed by atoms with Crippen molar-refractivity contribution in [3.05, 3.63) is 22.2 Å². The molecule has 0 bridgehead atoms. The Hall–Kier alpha value is -1.20. The standard InChI is InChI=1S/C11H14N2O2S/c1-3-8(14)4-10-12-11(13-15-10)9-6-16-5-7(9)2/h5-6,8,14H,3-4H2,1-2H3. The maximum Gasteiger partial charge on any atom is 0.229 e. The number of aryl methyl sites for hydroxylation is 1. The van der Waals surface area contributed by atoms with E-state index in [1.807, 2.05) is 24.6 Å². The summed E-state index contributed by atoms with van der Waals surface area (Å²) in [5.41, 5.74) is 2.15. The summed E-state index contributed by atoms with van der Waals surface area (Å²) in [6.07, 6.45) is 0.707. The van der Waals surface area contributed by atoms with Crippen LogP contribution in [0, 0.1) is 6.92 Å². The van der Waals surface area contributed by atoms with E-state index in [0.717, 1.165) is 11.1 Å². The Bertz CT molecular complexity index is 464. The van der Waals surface area contributed by atoms with Crippen LogP contribution >= 0.6 is 11.3 Å². The smallest absolute Gasteiger partial charge is 0.229 e. The summed E-state index contributed by atoms with van der Waals surface area (Å²) in [5.74, 6) is 1.10. The van der Waals surface area contributed by atoms with Gasteiger partial charge in [-0.3, -0.25) is 0 Å². The van der Waals surface area contributed by atoms with Crippen LogP contribution in [0.15, 0.2) is 15.3 Å². The first-order valence-corrected chi connectivity index (χ1v) is 6.18. The molecule has 0 fully saturated rings. The lowest BCUT2D eigenvalue weighted by Gasteiger charge is -2.01. The molecule has 0 aliphatic rings. The number of rotatable bonds is 4. The van der Waals surface area contributed by atoms with Gasteiger partial charge in [0.15, 0.2) is 0 Å². The van der Waals surface area contributed by atoms with Crippen LogP contribution in [-0.4, -0.2) is 21.4 Å². The van der Waals surface area contributed by atoms with Gasteiger partial charge in [0.1, 0.15) is 0 Å². The quantitative estimate of drug-likeness (QED) is 0.888. The van der Waals surface area contributed by atoms with Gasteiger partial charge in [0.25, 0.3) is 0 Å². The summed E-state index contributed by atoms with van der Waals surface area (Å²) in [7, 11) is 0. The zero-order chi connectivity index (χ0) is 11.5.